The summed E-state index contributed by atoms with van der Waals surface area (Å²) in [5, 5.41) is 6.07. The minimum absolute atomic E-state index is 0.0294. The Hall–Kier alpha value is -1.00. The van der Waals surface area contributed by atoms with Crippen LogP contribution in [0.1, 0.15) is 12.0 Å². The van der Waals surface area contributed by atoms with E-state index in [4.69, 9.17) is 0 Å². The summed E-state index contributed by atoms with van der Waals surface area (Å²) in [5.74, 6) is 0.122. The van der Waals surface area contributed by atoms with Gasteiger partial charge in [0.25, 0.3) is 0 Å². The molecule has 0 spiro atoms. The van der Waals surface area contributed by atoms with Crippen molar-refractivity contribution < 1.29 is 4.79 Å². The van der Waals surface area contributed by atoms with Gasteiger partial charge in [0, 0.05) is 4.90 Å². The Morgan fingerprint density at radius 1 is 1.50 bits per heavy atom. The summed E-state index contributed by atoms with van der Waals surface area (Å²) in [4.78, 5) is 13.0. The molecule has 86 valence electrons. The molecule has 1 amide bonds. The lowest BCUT2D eigenvalue weighted by Crippen LogP contribution is -2.31. The average molecular weight is 236 g/mol. The largest absolute Gasteiger partial charge is 0.324 e. The van der Waals surface area contributed by atoms with Gasteiger partial charge in [0.15, 0.2) is 0 Å². The van der Waals surface area contributed by atoms with Crippen LogP contribution in [0.25, 0.3) is 0 Å². The fourth-order valence-electron chi connectivity index (χ4n) is 1.72. The van der Waals surface area contributed by atoms with Crippen LogP contribution in [0.5, 0.6) is 0 Å². The number of amides is 1. The van der Waals surface area contributed by atoms with Gasteiger partial charge in [0.1, 0.15) is 0 Å². The number of carbonyl (C=O) groups excluding carboxylic acids is 1. The number of fused-ring (bicyclic) bond motifs is 1. The minimum atomic E-state index is 0.0294. The van der Waals surface area contributed by atoms with Crippen molar-refractivity contribution in [1.29, 1.82) is 0 Å². The highest BCUT2D eigenvalue weighted by Crippen LogP contribution is 2.37. The van der Waals surface area contributed by atoms with E-state index in [1.165, 1.54) is 10.5 Å². The Bertz CT molecular complexity index is 406. The third-order valence-corrected chi connectivity index (χ3v) is 3.94. The maximum atomic E-state index is 11.8. The predicted octanol–water partition coefficient (Wildman–Crippen LogP) is 2.02. The van der Waals surface area contributed by atoms with Crippen molar-refractivity contribution in [1.82, 2.24) is 5.32 Å². The first-order chi connectivity index (χ1) is 7.70. The Morgan fingerprint density at radius 3 is 3.06 bits per heavy atom. The molecule has 1 aromatic carbocycles. The second-order valence-electron chi connectivity index (χ2n) is 3.99. The van der Waals surface area contributed by atoms with E-state index in [0.717, 1.165) is 18.7 Å². The molecule has 0 saturated carbocycles. The van der Waals surface area contributed by atoms with E-state index in [-0.39, 0.29) is 11.2 Å². The molecule has 1 heterocycles. The van der Waals surface area contributed by atoms with E-state index >= 15 is 0 Å². The SMILES string of the molecule is CNCCC1Sc2cc(C)ccc2NC1=O. The van der Waals surface area contributed by atoms with Crippen molar-refractivity contribution in [3.63, 3.8) is 0 Å². The van der Waals surface area contributed by atoms with Crippen molar-refractivity contribution in [2.45, 2.75) is 23.5 Å². The molecule has 1 aliphatic rings. The van der Waals surface area contributed by atoms with E-state index in [1.54, 1.807) is 11.8 Å². The molecule has 0 saturated heterocycles. The molecule has 3 nitrogen and oxygen atoms in total. The highest BCUT2D eigenvalue weighted by Gasteiger charge is 2.26. The number of hydrogen-bond acceptors (Lipinski definition) is 3. The third-order valence-electron chi connectivity index (χ3n) is 2.61. The molecule has 2 rings (SSSR count). The monoisotopic (exact) mass is 236 g/mol. The van der Waals surface area contributed by atoms with E-state index in [0.29, 0.717) is 0 Å². The third kappa shape index (κ3) is 2.39. The number of benzene rings is 1. The lowest BCUT2D eigenvalue weighted by atomic mass is 10.2. The average Bonchev–Trinajstić information content (AvgIpc) is 2.27. The summed E-state index contributed by atoms with van der Waals surface area (Å²) < 4.78 is 0. The van der Waals surface area contributed by atoms with Gasteiger partial charge in [-0.3, -0.25) is 4.79 Å². The number of carbonyl (C=O) groups is 1. The van der Waals surface area contributed by atoms with Gasteiger partial charge in [-0.05, 0) is 44.6 Å². The van der Waals surface area contributed by atoms with E-state index in [1.807, 2.05) is 19.2 Å². The first kappa shape index (κ1) is 11.5. The van der Waals surface area contributed by atoms with Gasteiger partial charge in [-0.1, -0.05) is 6.07 Å². The Morgan fingerprint density at radius 2 is 2.31 bits per heavy atom. The number of anilines is 1. The summed E-state index contributed by atoms with van der Waals surface area (Å²) in [6, 6.07) is 6.13. The number of hydrogen-bond donors (Lipinski definition) is 2. The second-order valence-corrected chi connectivity index (χ2v) is 5.23. The van der Waals surface area contributed by atoms with E-state index in [9.17, 15) is 4.79 Å². The molecule has 0 aliphatic carbocycles. The molecular formula is C12H16N2OS. The summed E-state index contributed by atoms with van der Waals surface area (Å²) in [7, 11) is 1.91. The van der Waals surface area contributed by atoms with Crippen molar-refractivity contribution in [3.8, 4) is 0 Å². The number of rotatable bonds is 3. The Balaban J connectivity index is 2.16. The van der Waals surface area contributed by atoms with Crippen LogP contribution in [0.15, 0.2) is 23.1 Å². The summed E-state index contributed by atoms with van der Waals surface area (Å²) in [6.45, 7) is 2.94. The normalized spacial score (nSPS) is 19.1. The maximum Gasteiger partial charge on any atom is 0.237 e. The van der Waals surface area contributed by atoms with Crippen LogP contribution in [0, 0.1) is 6.92 Å². The van der Waals surface area contributed by atoms with Crippen LogP contribution < -0.4 is 10.6 Å². The van der Waals surface area contributed by atoms with Crippen LogP contribution in [0.3, 0.4) is 0 Å². The first-order valence-electron chi connectivity index (χ1n) is 5.43. The fourth-order valence-corrected chi connectivity index (χ4v) is 2.92. The van der Waals surface area contributed by atoms with Gasteiger partial charge in [-0.2, -0.15) is 0 Å². The van der Waals surface area contributed by atoms with Crippen molar-refractivity contribution in [2.24, 2.45) is 0 Å². The smallest absolute Gasteiger partial charge is 0.237 e. The maximum absolute atomic E-state index is 11.8. The van der Waals surface area contributed by atoms with Crippen LogP contribution in [-0.2, 0) is 4.79 Å². The highest BCUT2D eigenvalue weighted by molar-refractivity contribution is 8.01. The Kier molecular flexibility index (Phi) is 3.51. The fraction of sp³-hybridized carbons (Fsp3) is 0.417. The lowest BCUT2D eigenvalue weighted by Gasteiger charge is -2.24. The van der Waals surface area contributed by atoms with Crippen molar-refractivity contribution in [2.75, 3.05) is 18.9 Å². The lowest BCUT2D eigenvalue weighted by molar-refractivity contribution is -0.115. The highest BCUT2D eigenvalue weighted by atomic mass is 32.2. The van der Waals surface area contributed by atoms with Gasteiger partial charge < -0.3 is 10.6 Å². The molecule has 0 bridgehead atoms. The van der Waals surface area contributed by atoms with Gasteiger partial charge in [-0.15, -0.1) is 11.8 Å². The number of nitrogens with one attached hydrogen (secondary N) is 2. The molecule has 2 N–H and O–H groups in total. The molecule has 0 radical (unpaired) electrons. The van der Waals surface area contributed by atoms with Gasteiger partial charge in [-0.25, -0.2) is 0 Å². The molecule has 1 unspecified atom stereocenters. The predicted molar refractivity (Wildman–Crippen MR) is 68.0 cm³/mol. The second kappa shape index (κ2) is 4.89. The zero-order valence-electron chi connectivity index (χ0n) is 9.54. The van der Waals surface area contributed by atoms with E-state index < -0.39 is 0 Å². The molecule has 1 aliphatic heterocycles. The zero-order valence-corrected chi connectivity index (χ0v) is 10.4. The summed E-state index contributed by atoms with van der Waals surface area (Å²) >= 11 is 1.67. The number of aryl methyl sites for hydroxylation is 1. The molecular weight excluding hydrogens is 220 g/mol. The van der Waals surface area contributed by atoms with Gasteiger partial charge >= 0.3 is 0 Å². The van der Waals surface area contributed by atoms with Crippen LogP contribution in [-0.4, -0.2) is 24.7 Å². The molecule has 1 aromatic rings. The molecule has 0 aromatic heterocycles. The quantitative estimate of drug-likeness (QED) is 0.843. The molecule has 4 heteroatoms. The molecule has 0 fully saturated rings. The first-order valence-corrected chi connectivity index (χ1v) is 6.31. The van der Waals surface area contributed by atoms with E-state index in [2.05, 4.69) is 23.6 Å². The van der Waals surface area contributed by atoms with Crippen LogP contribution in [0.2, 0.25) is 0 Å². The molecule has 1 atom stereocenters. The summed E-state index contributed by atoms with van der Waals surface area (Å²) in [6.07, 6.45) is 0.861. The zero-order chi connectivity index (χ0) is 11.5. The number of thioether (sulfide) groups is 1. The van der Waals surface area contributed by atoms with Crippen LogP contribution >= 0.6 is 11.8 Å². The standard InChI is InChI=1S/C12H16N2OS/c1-8-3-4-9-11(7-8)16-10(5-6-13-2)12(15)14-9/h3-4,7,10,13H,5-6H2,1-2H3,(H,14,15). The van der Waals surface area contributed by atoms with Gasteiger partial charge in [0.05, 0.1) is 10.9 Å². The topological polar surface area (TPSA) is 41.1 Å². The Labute approximate surface area is 100.0 Å². The van der Waals surface area contributed by atoms with Crippen molar-refractivity contribution >= 4 is 23.4 Å². The molecule has 16 heavy (non-hydrogen) atoms. The summed E-state index contributed by atoms with van der Waals surface area (Å²) in [5.41, 5.74) is 2.18. The van der Waals surface area contributed by atoms with Crippen LogP contribution in [0.4, 0.5) is 5.69 Å². The van der Waals surface area contributed by atoms with Crippen molar-refractivity contribution in [3.05, 3.63) is 23.8 Å². The van der Waals surface area contributed by atoms with Gasteiger partial charge in [0.2, 0.25) is 5.91 Å². The minimum Gasteiger partial charge on any atom is -0.324 e.